The first-order chi connectivity index (χ1) is 10.7. The minimum atomic E-state index is 0.162. The third-order valence-electron chi connectivity index (χ3n) is 4.16. The summed E-state index contributed by atoms with van der Waals surface area (Å²) in [4.78, 5) is 0. The van der Waals surface area contributed by atoms with E-state index >= 15 is 0 Å². The maximum absolute atomic E-state index is 5.84. The minimum Gasteiger partial charge on any atom is -0.377 e. The molecule has 0 rings (SSSR count). The smallest absolute Gasteiger partial charge is 0.0645 e. The van der Waals surface area contributed by atoms with Gasteiger partial charge in [0, 0.05) is 5.41 Å². The lowest BCUT2D eigenvalue weighted by molar-refractivity contribution is -0.0220. The molecule has 0 N–H and O–H groups in total. The van der Waals surface area contributed by atoms with Crippen molar-refractivity contribution in [1.29, 1.82) is 0 Å². The molecule has 2 nitrogen and oxygen atoms in total. The molecule has 0 saturated carbocycles. The van der Waals surface area contributed by atoms with Gasteiger partial charge in [-0.1, -0.05) is 70.9 Å². The van der Waals surface area contributed by atoms with Gasteiger partial charge in [0.15, 0.2) is 0 Å². The monoisotopic (exact) mass is 310 g/mol. The number of ether oxygens (including phenoxy) is 2. The third kappa shape index (κ3) is 11.0. The van der Waals surface area contributed by atoms with Crippen LogP contribution in [0.3, 0.4) is 0 Å². The summed E-state index contributed by atoms with van der Waals surface area (Å²) in [6.07, 6.45) is 15.1. The maximum atomic E-state index is 5.84. The van der Waals surface area contributed by atoms with Crippen molar-refractivity contribution in [2.75, 3.05) is 26.4 Å². The van der Waals surface area contributed by atoms with Crippen LogP contribution in [0.15, 0.2) is 25.3 Å². The molecular formula is C20H38O2. The second-order valence-electron chi connectivity index (χ2n) is 6.38. The summed E-state index contributed by atoms with van der Waals surface area (Å²) in [5.74, 6) is 0. The van der Waals surface area contributed by atoms with Crippen molar-refractivity contribution in [2.24, 2.45) is 5.41 Å². The van der Waals surface area contributed by atoms with Crippen molar-refractivity contribution in [3.05, 3.63) is 25.3 Å². The van der Waals surface area contributed by atoms with E-state index in [4.69, 9.17) is 9.47 Å². The highest BCUT2D eigenvalue weighted by Gasteiger charge is 2.30. The zero-order valence-electron chi connectivity index (χ0n) is 15.1. The fourth-order valence-electron chi connectivity index (χ4n) is 2.85. The van der Waals surface area contributed by atoms with Crippen LogP contribution in [0.2, 0.25) is 0 Å². The van der Waals surface area contributed by atoms with E-state index in [-0.39, 0.29) is 5.41 Å². The average Bonchev–Trinajstić information content (AvgIpc) is 2.52. The van der Waals surface area contributed by atoms with E-state index in [9.17, 15) is 0 Å². The zero-order chi connectivity index (χ0) is 16.5. The van der Waals surface area contributed by atoms with Gasteiger partial charge in [-0.2, -0.15) is 0 Å². The van der Waals surface area contributed by atoms with E-state index in [2.05, 4.69) is 27.0 Å². The Balaban J connectivity index is 4.60. The topological polar surface area (TPSA) is 18.5 Å². The Morgan fingerprint density at radius 3 is 1.64 bits per heavy atom. The van der Waals surface area contributed by atoms with Gasteiger partial charge in [-0.15, -0.1) is 13.2 Å². The Labute approximate surface area is 139 Å². The fourth-order valence-corrected chi connectivity index (χ4v) is 2.85. The molecule has 22 heavy (non-hydrogen) atoms. The lowest BCUT2D eigenvalue weighted by atomic mass is 9.79. The zero-order valence-corrected chi connectivity index (χ0v) is 15.1. The van der Waals surface area contributed by atoms with Crippen LogP contribution in [0, 0.1) is 5.41 Å². The van der Waals surface area contributed by atoms with Gasteiger partial charge in [0.2, 0.25) is 0 Å². The van der Waals surface area contributed by atoms with Crippen LogP contribution in [0.4, 0.5) is 0 Å². The molecule has 0 aromatic rings. The van der Waals surface area contributed by atoms with Crippen LogP contribution in [-0.2, 0) is 9.47 Å². The SMILES string of the molecule is C=CCOCC(CCCCC)(CCCCCC)COCC=C. The Bertz CT molecular complexity index is 246. The standard InChI is InChI=1S/C20H38O2/c1-5-9-11-13-15-20(14-12-10-6-2,18-21-16-7-3)19-22-17-8-4/h7-8H,3-6,9-19H2,1-2H3. The summed E-state index contributed by atoms with van der Waals surface area (Å²) in [6.45, 7) is 14.8. The first-order valence-electron chi connectivity index (χ1n) is 9.12. The lowest BCUT2D eigenvalue weighted by Crippen LogP contribution is -2.33. The Morgan fingerprint density at radius 1 is 0.727 bits per heavy atom. The van der Waals surface area contributed by atoms with Crippen molar-refractivity contribution < 1.29 is 9.47 Å². The Hall–Kier alpha value is -0.600. The molecule has 0 spiro atoms. The molecule has 0 aliphatic rings. The van der Waals surface area contributed by atoms with Gasteiger partial charge < -0.3 is 9.47 Å². The van der Waals surface area contributed by atoms with E-state index in [0.29, 0.717) is 13.2 Å². The molecule has 130 valence electrons. The fraction of sp³-hybridized carbons (Fsp3) is 0.800. The Kier molecular flexibility index (Phi) is 14.9. The average molecular weight is 311 g/mol. The van der Waals surface area contributed by atoms with Crippen LogP contribution in [-0.4, -0.2) is 26.4 Å². The number of rotatable bonds is 17. The van der Waals surface area contributed by atoms with E-state index in [1.165, 1.54) is 57.8 Å². The predicted molar refractivity (Wildman–Crippen MR) is 97.4 cm³/mol. The lowest BCUT2D eigenvalue weighted by Gasteiger charge is -2.33. The largest absolute Gasteiger partial charge is 0.377 e. The molecule has 0 amide bonds. The molecule has 0 bridgehead atoms. The normalized spacial score (nSPS) is 11.5. The quantitative estimate of drug-likeness (QED) is 0.245. The molecule has 0 fully saturated rings. The van der Waals surface area contributed by atoms with Crippen LogP contribution in [0.1, 0.15) is 71.6 Å². The summed E-state index contributed by atoms with van der Waals surface area (Å²) in [7, 11) is 0. The van der Waals surface area contributed by atoms with Crippen LogP contribution < -0.4 is 0 Å². The molecule has 0 aliphatic carbocycles. The second-order valence-corrected chi connectivity index (χ2v) is 6.38. The van der Waals surface area contributed by atoms with Crippen molar-refractivity contribution in [2.45, 2.75) is 71.6 Å². The van der Waals surface area contributed by atoms with Crippen molar-refractivity contribution >= 4 is 0 Å². The molecule has 0 unspecified atom stereocenters. The summed E-state index contributed by atoms with van der Waals surface area (Å²) < 4.78 is 11.7. The molecular weight excluding hydrogens is 272 g/mol. The summed E-state index contributed by atoms with van der Waals surface area (Å²) in [5, 5.41) is 0. The highest BCUT2D eigenvalue weighted by atomic mass is 16.5. The van der Waals surface area contributed by atoms with E-state index in [1.54, 1.807) is 0 Å². The molecule has 0 aromatic heterocycles. The molecule has 0 atom stereocenters. The third-order valence-corrected chi connectivity index (χ3v) is 4.16. The second kappa shape index (κ2) is 15.3. The molecule has 0 aromatic carbocycles. The van der Waals surface area contributed by atoms with Crippen LogP contribution >= 0.6 is 0 Å². The van der Waals surface area contributed by atoms with Crippen molar-refractivity contribution in [1.82, 2.24) is 0 Å². The van der Waals surface area contributed by atoms with Gasteiger partial charge in [-0.3, -0.25) is 0 Å². The number of hydrogen-bond acceptors (Lipinski definition) is 2. The maximum Gasteiger partial charge on any atom is 0.0645 e. The number of unbranched alkanes of at least 4 members (excludes halogenated alkanes) is 5. The molecule has 0 heterocycles. The van der Waals surface area contributed by atoms with E-state index < -0.39 is 0 Å². The first kappa shape index (κ1) is 21.4. The Morgan fingerprint density at radius 2 is 1.18 bits per heavy atom. The van der Waals surface area contributed by atoms with Crippen LogP contribution in [0.5, 0.6) is 0 Å². The molecule has 0 radical (unpaired) electrons. The molecule has 0 saturated heterocycles. The van der Waals surface area contributed by atoms with Crippen molar-refractivity contribution in [3.63, 3.8) is 0 Å². The number of hydrogen-bond donors (Lipinski definition) is 0. The van der Waals surface area contributed by atoms with Gasteiger partial charge in [-0.25, -0.2) is 0 Å². The van der Waals surface area contributed by atoms with Gasteiger partial charge in [0.05, 0.1) is 26.4 Å². The summed E-state index contributed by atoms with van der Waals surface area (Å²) >= 11 is 0. The molecule has 2 heteroatoms. The minimum absolute atomic E-state index is 0.162. The van der Waals surface area contributed by atoms with Crippen LogP contribution in [0.25, 0.3) is 0 Å². The highest BCUT2D eigenvalue weighted by Crippen LogP contribution is 2.33. The highest BCUT2D eigenvalue weighted by molar-refractivity contribution is 4.81. The van der Waals surface area contributed by atoms with E-state index in [0.717, 1.165) is 13.2 Å². The van der Waals surface area contributed by atoms with Gasteiger partial charge >= 0.3 is 0 Å². The van der Waals surface area contributed by atoms with Gasteiger partial charge in [0.25, 0.3) is 0 Å². The predicted octanol–water partition coefficient (Wildman–Crippen LogP) is 5.93. The van der Waals surface area contributed by atoms with E-state index in [1.807, 2.05) is 12.2 Å². The summed E-state index contributed by atoms with van der Waals surface area (Å²) in [6, 6.07) is 0. The summed E-state index contributed by atoms with van der Waals surface area (Å²) in [5.41, 5.74) is 0.162. The first-order valence-corrected chi connectivity index (χ1v) is 9.12. The van der Waals surface area contributed by atoms with Crippen molar-refractivity contribution in [3.8, 4) is 0 Å². The van der Waals surface area contributed by atoms with Gasteiger partial charge in [-0.05, 0) is 12.8 Å². The van der Waals surface area contributed by atoms with Gasteiger partial charge in [0.1, 0.15) is 0 Å². The molecule has 0 aliphatic heterocycles.